The summed E-state index contributed by atoms with van der Waals surface area (Å²) in [6.07, 6.45) is 3.27. The third-order valence-corrected chi connectivity index (χ3v) is 6.02. The van der Waals surface area contributed by atoms with E-state index in [2.05, 4.69) is 0 Å². The lowest BCUT2D eigenvalue weighted by Crippen LogP contribution is -1.91. The standard InChI is InChI=1S/C12H12O2S3/c1-15-10-5-3-9(4-6-10)11-7-8-12(16-11)17(2,13)14/h3-8H,1-2H3. The van der Waals surface area contributed by atoms with Crippen LogP contribution in [0.4, 0.5) is 0 Å². The highest BCUT2D eigenvalue weighted by Gasteiger charge is 2.11. The van der Waals surface area contributed by atoms with Gasteiger partial charge in [0.05, 0.1) is 0 Å². The molecule has 2 nitrogen and oxygen atoms in total. The Morgan fingerprint density at radius 1 is 1.06 bits per heavy atom. The van der Waals surface area contributed by atoms with Crippen molar-refractivity contribution in [2.45, 2.75) is 9.10 Å². The van der Waals surface area contributed by atoms with Gasteiger partial charge in [-0.05, 0) is 36.1 Å². The lowest BCUT2D eigenvalue weighted by molar-refractivity contribution is 0.604. The van der Waals surface area contributed by atoms with Crippen molar-refractivity contribution in [1.82, 2.24) is 0 Å². The van der Waals surface area contributed by atoms with Gasteiger partial charge in [0, 0.05) is 16.0 Å². The lowest BCUT2D eigenvalue weighted by atomic mass is 10.2. The molecule has 17 heavy (non-hydrogen) atoms. The van der Waals surface area contributed by atoms with Crippen molar-refractivity contribution in [2.75, 3.05) is 12.5 Å². The smallest absolute Gasteiger partial charge is 0.184 e. The molecule has 90 valence electrons. The fourth-order valence-corrected chi connectivity index (χ4v) is 3.77. The molecular formula is C12H12O2S3. The van der Waals surface area contributed by atoms with E-state index in [-0.39, 0.29) is 0 Å². The van der Waals surface area contributed by atoms with Gasteiger partial charge in [0.2, 0.25) is 0 Å². The van der Waals surface area contributed by atoms with Crippen LogP contribution in [0.15, 0.2) is 45.5 Å². The van der Waals surface area contributed by atoms with Gasteiger partial charge < -0.3 is 0 Å². The van der Waals surface area contributed by atoms with Crippen molar-refractivity contribution in [3.63, 3.8) is 0 Å². The molecule has 0 unspecified atom stereocenters. The quantitative estimate of drug-likeness (QED) is 0.808. The van der Waals surface area contributed by atoms with Crippen molar-refractivity contribution < 1.29 is 8.42 Å². The van der Waals surface area contributed by atoms with Crippen LogP contribution in [0, 0.1) is 0 Å². The Kier molecular flexibility index (Phi) is 3.61. The van der Waals surface area contributed by atoms with Crippen molar-refractivity contribution in [2.24, 2.45) is 0 Å². The Balaban J connectivity index is 2.37. The average molecular weight is 284 g/mol. The van der Waals surface area contributed by atoms with Crippen LogP contribution in [0.3, 0.4) is 0 Å². The topological polar surface area (TPSA) is 34.1 Å². The number of sulfone groups is 1. The van der Waals surface area contributed by atoms with Crippen LogP contribution in [0.25, 0.3) is 10.4 Å². The van der Waals surface area contributed by atoms with Gasteiger partial charge in [-0.3, -0.25) is 0 Å². The predicted molar refractivity (Wildman–Crippen MR) is 74.6 cm³/mol. The first-order valence-electron chi connectivity index (χ1n) is 4.95. The Morgan fingerprint density at radius 2 is 1.71 bits per heavy atom. The van der Waals surface area contributed by atoms with Gasteiger partial charge in [0.25, 0.3) is 0 Å². The molecule has 0 saturated heterocycles. The minimum Gasteiger partial charge on any atom is -0.223 e. The van der Waals surface area contributed by atoms with Gasteiger partial charge >= 0.3 is 0 Å². The molecule has 0 amide bonds. The van der Waals surface area contributed by atoms with Crippen LogP contribution in [-0.4, -0.2) is 20.9 Å². The highest BCUT2D eigenvalue weighted by atomic mass is 32.2. The van der Waals surface area contributed by atoms with E-state index in [4.69, 9.17) is 0 Å². The Bertz CT molecular complexity index is 609. The van der Waals surface area contributed by atoms with Crippen LogP contribution in [0.2, 0.25) is 0 Å². The molecule has 0 saturated carbocycles. The van der Waals surface area contributed by atoms with Crippen molar-refractivity contribution in [1.29, 1.82) is 0 Å². The van der Waals surface area contributed by atoms with Gasteiger partial charge in [-0.2, -0.15) is 0 Å². The zero-order valence-electron chi connectivity index (χ0n) is 9.51. The van der Waals surface area contributed by atoms with Crippen molar-refractivity contribution in [3.8, 4) is 10.4 Å². The van der Waals surface area contributed by atoms with E-state index in [1.165, 1.54) is 22.5 Å². The zero-order chi connectivity index (χ0) is 12.5. The molecule has 1 aromatic carbocycles. The van der Waals surface area contributed by atoms with E-state index in [1.807, 2.05) is 36.6 Å². The maximum atomic E-state index is 11.4. The van der Waals surface area contributed by atoms with Crippen molar-refractivity contribution in [3.05, 3.63) is 36.4 Å². The summed E-state index contributed by atoms with van der Waals surface area (Å²) in [7, 11) is -3.09. The zero-order valence-corrected chi connectivity index (χ0v) is 12.0. The first-order chi connectivity index (χ1) is 8.00. The number of rotatable bonds is 3. The summed E-state index contributed by atoms with van der Waals surface area (Å²) < 4.78 is 23.2. The highest BCUT2D eigenvalue weighted by molar-refractivity contribution is 7.98. The minimum atomic E-state index is -3.09. The number of hydrogen-bond donors (Lipinski definition) is 0. The molecular weight excluding hydrogens is 272 g/mol. The van der Waals surface area contributed by atoms with E-state index in [9.17, 15) is 8.42 Å². The third-order valence-electron chi connectivity index (χ3n) is 2.32. The fraction of sp³-hybridized carbons (Fsp3) is 0.167. The molecule has 0 fully saturated rings. The van der Waals surface area contributed by atoms with E-state index in [0.717, 1.165) is 10.4 Å². The SMILES string of the molecule is CSc1ccc(-c2ccc(S(C)(=O)=O)s2)cc1. The van der Waals surface area contributed by atoms with Gasteiger partial charge in [-0.25, -0.2) is 8.42 Å². The van der Waals surface area contributed by atoms with Crippen LogP contribution in [-0.2, 0) is 9.84 Å². The van der Waals surface area contributed by atoms with Crippen LogP contribution < -0.4 is 0 Å². The maximum absolute atomic E-state index is 11.4. The molecule has 2 aromatic rings. The minimum absolute atomic E-state index is 0.418. The van der Waals surface area contributed by atoms with Gasteiger partial charge in [-0.15, -0.1) is 23.1 Å². The molecule has 1 heterocycles. The molecule has 1 aromatic heterocycles. The third kappa shape index (κ3) is 2.91. The molecule has 0 bridgehead atoms. The highest BCUT2D eigenvalue weighted by Crippen LogP contribution is 2.31. The molecule has 0 aliphatic carbocycles. The summed E-state index contributed by atoms with van der Waals surface area (Å²) in [5.41, 5.74) is 1.06. The largest absolute Gasteiger partial charge is 0.223 e. The summed E-state index contributed by atoms with van der Waals surface area (Å²) in [5.74, 6) is 0. The van der Waals surface area contributed by atoms with E-state index < -0.39 is 9.84 Å². The summed E-state index contributed by atoms with van der Waals surface area (Å²) in [4.78, 5) is 2.19. The first kappa shape index (κ1) is 12.7. The number of benzene rings is 1. The van der Waals surface area contributed by atoms with Gasteiger partial charge in [0.15, 0.2) is 9.84 Å². The fourth-order valence-electron chi connectivity index (χ4n) is 1.43. The molecule has 0 N–H and O–H groups in total. The molecule has 2 rings (SSSR count). The van der Waals surface area contributed by atoms with Crippen LogP contribution in [0.1, 0.15) is 0 Å². The molecule has 0 aliphatic heterocycles. The normalized spacial score (nSPS) is 11.6. The predicted octanol–water partition coefficient (Wildman–Crippen LogP) is 3.54. The monoisotopic (exact) mass is 284 g/mol. The molecule has 0 spiro atoms. The first-order valence-corrected chi connectivity index (χ1v) is 8.88. The Labute approximate surface area is 110 Å². The second-order valence-corrected chi connectivity index (χ2v) is 7.83. The number of thiophene rings is 1. The van der Waals surface area contributed by atoms with Crippen molar-refractivity contribution >= 4 is 32.9 Å². The van der Waals surface area contributed by atoms with Gasteiger partial charge in [-0.1, -0.05) is 12.1 Å². The summed E-state index contributed by atoms with van der Waals surface area (Å²) in [6.45, 7) is 0. The van der Waals surface area contributed by atoms with Gasteiger partial charge in [0.1, 0.15) is 4.21 Å². The molecule has 0 atom stereocenters. The van der Waals surface area contributed by atoms with Crippen LogP contribution >= 0.6 is 23.1 Å². The van der Waals surface area contributed by atoms with Crippen LogP contribution in [0.5, 0.6) is 0 Å². The second-order valence-electron chi connectivity index (χ2n) is 3.62. The number of thioether (sulfide) groups is 1. The van der Waals surface area contributed by atoms with E-state index >= 15 is 0 Å². The van der Waals surface area contributed by atoms with E-state index in [0.29, 0.717) is 4.21 Å². The Hall–Kier alpha value is -0.780. The average Bonchev–Trinajstić information content (AvgIpc) is 2.78. The van der Waals surface area contributed by atoms with E-state index in [1.54, 1.807) is 17.8 Å². The summed E-state index contributed by atoms with van der Waals surface area (Å²) in [5, 5.41) is 0. The lowest BCUT2D eigenvalue weighted by Gasteiger charge is -1.99. The number of hydrogen-bond acceptors (Lipinski definition) is 4. The molecule has 0 radical (unpaired) electrons. The molecule has 5 heteroatoms. The summed E-state index contributed by atoms with van der Waals surface area (Å²) >= 11 is 3.00. The summed E-state index contributed by atoms with van der Waals surface area (Å²) in [6, 6.07) is 11.6. The maximum Gasteiger partial charge on any atom is 0.184 e. The molecule has 0 aliphatic rings. The second kappa shape index (κ2) is 4.84. The Morgan fingerprint density at radius 3 is 2.18 bits per heavy atom.